The summed E-state index contributed by atoms with van der Waals surface area (Å²) >= 11 is 0. The van der Waals surface area contributed by atoms with Crippen molar-refractivity contribution < 1.29 is 49.0 Å². The molecule has 0 saturated carbocycles. The number of methoxy groups -OCH3 is 1. The molecule has 1 fully saturated rings. The summed E-state index contributed by atoms with van der Waals surface area (Å²) < 4.78 is 17.2. The summed E-state index contributed by atoms with van der Waals surface area (Å²) in [6.45, 7) is 2.36. The lowest BCUT2D eigenvalue weighted by Gasteiger charge is -2.41. The Kier molecular flexibility index (Phi) is 8.22. The number of aliphatic hydroxyl groups excluding tert-OH is 2. The SMILES string of the molecule is COc1cccc(C)c1C(=O)c1c(C=O)cc2c(c1O)C(OC1CC(N)C(O)C(C)O1)CC(O)(C(=O)CO)C2. The van der Waals surface area contributed by atoms with Crippen LogP contribution in [0.5, 0.6) is 11.5 Å². The van der Waals surface area contributed by atoms with Crippen molar-refractivity contribution in [3.63, 3.8) is 0 Å². The maximum Gasteiger partial charge on any atom is 0.201 e. The van der Waals surface area contributed by atoms with E-state index in [-0.39, 0.29) is 52.8 Å². The molecule has 6 N–H and O–H groups in total. The summed E-state index contributed by atoms with van der Waals surface area (Å²) in [4.78, 5) is 38.5. The van der Waals surface area contributed by atoms with Crippen LogP contribution in [0, 0.1) is 6.92 Å². The van der Waals surface area contributed by atoms with Gasteiger partial charge in [-0.05, 0) is 37.1 Å². The number of aliphatic hydroxyl groups is 3. The van der Waals surface area contributed by atoms with Gasteiger partial charge in [0.05, 0.1) is 36.5 Å². The molecule has 39 heavy (non-hydrogen) atoms. The molecule has 11 heteroatoms. The first-order valence-corrected chi connectivity index (χ1v) is 12.6. The Hall–Kier alpha value is -3.19. The van der Waals surface area contributed by atoms with Crippen molar-refractivity contribution in [3.05, 3.63) is 57.6 Å². The summed E-state index contributed by atoms with van der Waals surface area (Å²) in [6, 6.07) is 5.62. The standard InChI is InChI=1S/C28H33NO10/c1-13-5-4-6-18(37-3)22(13)26(34)24-16(11-30)7-15-9-28(36,20(32)12-31)10-19(23(15)27(24)35)39-21-8-17(29)25(33)14(2)38-21/h4-7,11,14,17,19,21,25,31,33,35-36H,8-10,12,29H2,1-3H3. The number of carbonyl (C=O) groups excluding carboxylic acids is 3. The highest BCUT2D eigenvalue weighted by Gasteiger charge is 2.47. The van der Waals surface area contributed by atoms with Gasteiger partial charge in [0.15, 0.2) is 18.4 Å². The number of Topliss-reactive ketones (excluding diaryl/α,β-unsaturated/α-hetero) is 1. The van der Waals surface area contributed by atoms with Crippen LogP contribution in [0.1, 0.15) is 68.8 Å². The summed E-state index contributed by atoms with van der Waals surface area (Å²) in [6.07, 6.45) is -4.03. The first-order valence-electron chi connectivity index (χ1n) is 12.6. The second-order valence-electron chi connectivity index (χ2n) is 10.1. The molecule has 0 spiro atoms. The molecule has 0 aromatic heterocycles. The van der Waals surface area contributed by atoms with Gasteiger partial charge in [-0.1, -0.05) is 12.1 Å². The third-order valence-corrected chi connectivity index (χ3v) is 7.55. The molecule has 1 aliphatic carbocycles. The lowest BCUT2D eigenvalue weighted by Crippen LogP contribution is -2.53. The number of hydrogen-bond acceptors (Lipinski definition) is 11. The third-order valence-electron chi connectivity index (χ3n) is 7.55. The Balaban J connectivity index is 1.86. The van der Waals surface area contributed by atoms with E-state index in [0.717, 1.165) is 0 Å². The van der Waals surface area contributed by atoms with E-state index >= 15 is 0 Å². The normalized spacial score (nSPS) is 28.4. The van der Waals surface area contributed by atoms with Crippen LogP contribution in [0.3, 0.4) is 0 Å². The molecule has 6 atom stereocenters. The molecule has 2 aromatic rings. The fourth-order valence-corrected chi connectivity index (χ4v) is 5.45. The van der Waals surface area contributed by atoms with Gasteiger partial charge in [0.25, 0.3) is 0 Å². The molecule has 1 heterocycles. The predicted octanol–water partition coefficient (Wildman–Crippen LogP) is 0.872. The molecule has 0 radical (unpaired) electrons. The van der Waals surface area contributed by atoms with Crippen molar-refractivity contribution >= 4 is 17.9 Å². The van der Waals surface area contributed by atoms with Crippen LogP contribution in [0.25, 0.3) is 0 Å². The van der Waals surface area contributed by atoms with E-state index in [4.69, 9.17) is 19.9 Å². The van der Waals surface area contributed by atoms with E-state index < -0.39 is 60.2 Å². The van der Waals surface area contributed by atoms with Crippen molar-refractivity contribution in [3.8, 4) is 11.5 Å². The molecule has 210 valence electrons. The van der Waals surface area contributed by atoms with Gasteiger partial charge in [-0.2, -0.15) is 0 Å². The quantitative estimate of drug-likeness (QED) is 0.235. The molecule has 2 aliphatic rings. The van der Waals surface area contributed by atoms with Crippen LogP contribution < -0.4 is 10.5 Å². The van der Waals surface area contributed by atoms with Gasteiger partial charge in [0.2, 0.25) is 5.78 Å². The van der Waals surface area contributed by atoms with Crippen molar-refractivity contribution in [1.29, 1.82) is 0 Å². The van der Waals surface area contributed by atoms with E-state index in [9.17, 15) is 34.8 Å². The second-order valence-corrected chi connectivity index (χ2v) is 10.1. The number of ketones is 2. The summed E-state index contributed by atoms with van der Waals surface area (Å²) in [7, 11) is 1.40. The van der Waals surface area contributed by atoms with Crippen LogP contribution in [-0.4, -0.2) is 82.1 Å². The molecule has 2 aromatic carbocycles. The van der Waals surface area contributed by atoms with Crippen LogP contribution in [0.4, 0.5) is 0 Å². The van der Waals surface area contributed by atoms with Crippen LogP contribution in [0.15, 0.2) is 24.3 Å². The van der Waals surface area contributed by atoms with Gasteiger partial charge in [-0.25, -0.2) is 0 Å². The molecule has 0 bridgehead atoms. The zero-order chi connectivity index (χ0) is 28.6. The maximum atomic E-state index is 13.8. The summed E-state index contributed by atoms with van der Waals surface area (Å²) in [5.41, 5.74) is 4.51. The van der Waals surface area contributed by atoms with E-state index in [1.54, 1.807) is 32.0 Å². The average Bonchev–Trinajstić information content (AvgIpc) is 2.89. The highest BCUT2D eigenvalue weighted by atomic mass is 16.7. The minimum absolute atomic E-state index is 0.0725. The molecule has 0 amide bonds. The number of aryl methyl sites for hydroxylation is 1. The Bertz CT molecular complexity index is 1280. The van der Waals surface area contributed by atoms with E-state index in [2.05, 4.69) is 0 Å². The van der Waals surface area contributed by atoms with Crippen LogP contribution in [0.2, 0.25) is 0 Å². The largest absolute Gasteiger partial charge is 0.507 e. The van der Waals surface area contributed by atoms with Crippen LogP contribution in [-0.2, 0) is 20.7 Å². The number of nitrogens with two attached hydrogens (primary N) is 1. The van der Waals surface area contributed by atoms with Crippen molar-refractivity contribution in [1.82, 2.24) is 0 Å². The molecule has 1 aliphatic heterocycles. The fraction of sp³-hybridized carbons (Fsp3) is 0.464. The molecule has 1 saturated heterocycles. The number of fused-ring (bicyclic) bond motifs is 1. The first kappa shape index (κ1) is 28.8. The minimum atomic E-state index is -2.08. The average molecular weight is 544 g/mol. The Morgan fingerprint density at radius 3 is 2.62 bits per heavy atom. The number of carbonyl (C=O) groups is 3. The number of hydrogen-bond donors (Lipinski definition) is 5. The van der Waals surface area contributed by atoms with Crippen LogP contribution >= 0.6 is 0 Å². The van der Waals surface area contributed by atoms with Crippen molar-refractivity contribution in [2.45, 2.75) is 69.4 Å². The number of rotatable bonds is 8. The predicted molar refractivity (Wildman–Crippen MR) is 137 cm³/mol. The molecular weight excluding hydrogens is 510 g/mol. The summed E-state index contributed by atoms with van der Waals surface area (Å²) in [5, 5.41) is 42.4. The van der Waals surface area contributed by atoms with Gasteiger partial charge in [0.1, 0.15) is 23.7 Å². The van der Waals surface area contributed by atoms with Crippen molar-refractivity contribution in [2.24, 2.45) is 5.73 Å². The van der Waals surface area contributed by atoms with Crippen molar-refractivity contribution in [2.75, 3.05) is 13.7 Å². The number of aromatic hydroxyl groups is 1. The topological polar surface area (TPSA) is 186 Å². The molecule has 6 unspecified atom stereocenters. The number of benzene rings is 2. The Labute approximate surface area is 225 Å². The monoisotopic (exact) mass is 543 g/mol. The lowest BCUT2D eigenvalue weighted by atomic mass is 9.74. The number of aldehydes is 1. The zero-order valence-electron chi connectivity index (χ0n) is 21.9. The van der Waals surface area contributed by atoms with Gasteiger partial charge in [-0.15, -0.1) is 0 Å². The molecular formula is C28H33NO10. The zero-order valence-corrected chi connectivity index (χ0v) is 21.9. The van der Waals surface area contributed by atoms with Gasteiger partial charge in [-0.3, -0.25) is 14.4 Å². The highest BCUT2D eigenvalue weighted by Crippen LogP contribution is 2.47. The molecule has 4 rings (SSSR count). The molecule has 11 nitrogen and oxygen atoms in total. The summed E-state index contributed by atoms with van der Waals surface area (Å²) in [5.74, 6) is -1.82. The maximum absolute atomic E-state index is 13.8. The van der Waals surface area contributed by atoms with Gasteiger partial charge >= 0.3 is 0 Å². The minimum Gasteiger partial charge on any atom is -0.507 e. The fourth-order valence-electron chi connectivity index (χ4n) is 5.45. The smallest absolute Gasteiger partial charge is 0.201 e. The number of ether oxygens (including phenoxy) is 3. The number of phenols is 1. The lowest BCUT2D eigenvalue weighted by molar-refractivity contribution is -0.247. The van der Waals surface area contributed by atoms with Gasteiger partial charge in [0, 0.05) is 36.4 Å². The third kappa shape index (κ3) is 5.21. The van der Waals surface area contributed by atoms with E-state index in [1.165, 1.54) is 13.2 Å². The van der Waals surface area contributed by atoms with Gasteiger partial charge < -0.3 is 40.4 Å². The highest BCUT2D eigenvalue weighted by molar-refractivity contribution is 6.17. The second kappa shape index (κ2) is 11.1. The number of phenolic OH excluding ortho intramolecular Hbond substituents is 1. The first-order chi connectivity index (χ1) is 18.4. The van der Waals surface area contributed by atoms with E-state index in [1.807, 2.05) is 0 Å². The Morgan fingerprint density at radius 1 is 1.28 bits per heavy atom. The van der Waals surface area contributed by atoms with E-state index in [0.29, 0.717) is 11.8 Å². The Morgan fingerprint density at radius 2 is 2.00 bits per heavy atom.